The predicted octanol–water partition coefficient (Wildman–Crippen LogP) is 2.49. The molecule has 5 heteroatoms. The molecule has 3 N–H and O–H groups in total. The number of benzene rings is 1. The van der Waals surface area contributed by atoms with Gasteiger partial charge in [-0.1, -0.05) is 19.1 Å². The summed E-state index contributed by atoms with van der Waals surface area (Å²) in [5.74, 6) is -0.208. The first kappa shape index (κ1) is 14.0. The summed E-state index contributed by atoms with van der Waals surface area (Å²) < 4.78 is 0. The zero-order valence-electron chi connectivity index (χ0n) is 11.9. The number of aryl methyl sites for hydroxylation is 3. The van der Waals surface area contributed by atoms with Crippen molar-refractivity contribution < 1.29 is 4.79 Å². The molecule has 0 bridgehead atoms. The van der Waals surface area contributed by atoms with Crippen LogP contribution in [0.15, 0.2) is 24.3 Å². The van der Waals surface area contributed by atoms with Crippen LogP contribution < -0.4 is 11.1 Å². The topological polar surface area (TPSA) is 80.9 Å². The Kier molecular flexibility index (Phi) is 3.98. The Bertz CT molecular complexity index is 632. The van der Waals surface area contributed by atoms with Crippen molar-refractivity contribution in [1.82, 2.24) is 10.2 Å². The van der Waals surface area contributed by atoms with Gasteiger partial charge in [-0.25, -0.2) is 0 Å². The van der Waals surface area contributed by atoms with Crippen LogP contribution in [0.25, 0.3) is 0 Å². The van der Waals surface area contributed by atoms with Crippen LogP contribution in [0.2, 0.25) is 0 Å². The van der Waals surface area contributed by atoms with Crippen molar-refractivity contribution in [2.75, 3.05) is 11.1 Å². The maximum absolute atomic E-state index is 12.4. The van der Waals surface area contributed by atoms with E-state index in [0.29, 0.717) is 34.7 Å². The van der Waals surface area contributed by atoms with Crippen molar-refractivity contribution >= 4 is 17.3 Å². The highest BCUT2D eigenvalue weighted by Gasteiger charge is 2.15. The third-order valence-corrected chi connectivity index (χ3v) is 3.12. The van der Waals surface area contributed by atoms with E-state index in [4.69, 9.17) is 5.73 Å². The molecule has 1 aromatic carbocycles. The zero-order chi connectivity index (χ0) is 14.7. The highest BCUT2D eigenvalue weighted by atomic mass is 16.1. The number of rotatable bonds is 3. The number of para-hydroxylation sites is 1. The van der Waals surface area contributed by atoms with Crippen molar-refractivity contribution in [2.24, 2.45) is 0 Å². The molecule has 1 amide bonds. The van der Waals surface area contributed by atoms with Crippen LogP contribution in [0.3, 0.4) is 0 Å². The second kappa shape index (κ2) is 5.69. The van der Waals surface area contributed by atoms with E-state index < -0.39 is 0 Å². The van der Waals surface area contributed by atoms with E-state index in [1.807, 2.05) is 32.9 Å². The molecule has 0 radical (unpaired) electrons. The number of aromatic nitrogens is 2. The van der Waals surface area contributed by atoms with Crippen LogP contribution in [0.1, 0.15) is 34.2 Å². The SMILES string of the molecule is CCc1nnc(C)cc1C(=O)Nc1c(C)cccc1N. The molecule has 0 spiro atoms. The fourth-order valence-corrected chi connectivity index (χ4v) is 2.01. The maximum Gasteiger partial charge on any atom is 0.257 e. The van der Waals surface area contributed by atoms with E-state index in [0.717, 1.165) is 5.56 Å². The van der Waals surface area contributed by atoms with Crippen molar-refractivity contribution in [3.8, 4) is 0 Å². The lowest BCUT2D eigenvalue weighted by Gasteiger charge is -2.12. The maximum atomic E-state index is 12.4. The minimum Gasteiger partial charge on any atom is -0.397 e. The summed E-state index contributed by atoms with van der Waals surface area (Å²) in [6.07, 6.45) is 0.652. The van der Waals surface area contributed by atoms with E-state index in [9.17, 15) is 4.79 Å². The van der Waals surface area contributed by atoms with Gasteiger partial charge in [-0.3, -0.25) is 4.79 Å². The minimum absolute atomic E-state index is 0.208. The van der Waals surface area contributed by atoms with Crippen LogP contribution in [-0.2, 0) is 6.42 Å². The first-order chi connectivity index (χ1) is 9.52. The second-order valence-electron chi connectivity index (χ2n) is 4.69. The molecule has 104 valence electrons. The number of amides is 1. The summed E-state index contributed by atoms with van der Waals surface area (Å²) >= 11 is 0. The Labute approximate surface area is 118 Å². The number of hydrogen-bond donors (Lipinski definition) is 2. The molecule has 1 aromatic heterocycles. The number of carbonyl (C=O) groups excluding carboxylic acids is 1. The second-order valence-corrected chi connectivity index (χ2v) is 4.69. The van der Waals surface area contributed by atoms with Gasteiger partial charge in [0.1, 0.15) is 0 Å². The summed E-state index contributed by atoms with van der Waals surface area (Å²) in [5.41, 5.74) is 9.97. The van der Waals surface area contributed by atoms with Gasteiger partial charge < -0.3 is 11.1 Å². The average Bonchev–Trinajstić information content (AvgIpc) is 2.43. The molecule has 0 aliphatic heterocycles. The molecule has 0 atom stereocenters. The van der Waals surface area contributed by atoms with Gasteiger partial charge in [-0.05, 0) is 38.0 Å². The molecule has 0 aliphatic rings. The van der Waals surface area contributed by atoms with E-state index in [-0.39, 0.29) is 5.91 Å². The zero-order valence-corrected chi connectivity index (χ0v) is 11.9. The Morgan fingerprint density at radius 3 is 2.70 bits per heavy atom. The summed E-state index contributed by atoms with van der Waals surface area (Å²) in [6, 6.07) is 7.27. The van der Waals surface area contributed by atoms with Gasteiger partial charge in [0.15, 0.2) is 0 Å². The molecule has 20 heavy (non-hydrogen) atoms. The number of nitrogens with two attached hydrogens (primary N) is 1. The first-order valence-corrected chi connectivity index (χ1v) is 6.52. The third-order valence-electron chi connectivity index (χ3n) is 3.12. The Balaban J connectivity index is 2.35. The molecule has 1 heterocycles. The Morgan fingerprint density at radius 1 is 1.30 bits per heavy atom. The van der Waals surface area contributed by atoms with Crippen LogP contribution >= 0.6 is 0 Å². The Morgan fingerprint density at radius 2 is 2.05 bits per heavy atom. The lowest BCUT2D eigenvalue weighted by atomic mass is 10.1. The van der Waals surface area contributed by atoms with Crippen LogP contribution in [-0.4, -0.2) is 16.1 Å². The minimum atomic E-state index is -0.208. The molecule has 2 aromatic rings. The van der Waals surface area contributed by atoms with E-state index in [1.54, 1.807) is 12.1 Å². The van der Waals surface area contributed by atoms with E-state index in [1.165, 1.54) is 0 Å². The van der Waals surface area contributed by atoms with Crippen molar-refractivity contribution in [3.05, 3.63) is 46.8 Å². The molecule has 0 unspecified atom stereocenters. The molecule has 0 saturated carbocycles. The van der Waals surface area contributed by atoms with Gasteiger partial charge in [-0.15, -0.1) is 0 Å². The smallest absolute Gasteiger partial charge is 0.257 e. The van der Waals surface area contributed by atoms with Gasteiger partial charge in [0.25, 0.3) is 5.91 Å². The summed E-state index contributed by atoms with van der Waals surface area (Å²) in [7, 11) is 0. The van der Waals surface area contributed by atoms with Crippen LogP contribution in [0, 0.1) is 13.8 Å². The first-order valence-electron chi connectivity index (χ1n) is 6.52. The number of nitrogens with one attached hydrogen (secondary N) is 1. The lowest BCUT2D eigenvalue weighted by molar-refractivity contribution is 0.102. The van der Waals surface area contributed by atoms with Crippen molar-refractivity contribution in [2.45, 2.75) is 27.2 Å². The fraction of sp³-hybridized carbons (Fsp3) is 0.267. The number of nitrogens with zero attached hydrogens (tertiary/aromatic N) is 2. The number of anilines is 2. The average molecular weight is 270 g/mol. The number of carbonyl (C=O) groups is 1. The van der Waals surface area contributed by atoms with Gasteiger partial charge >= 0.3 is 0 Å². The van der Waals surface area contributed by atoms with Gasteiger partial charge in [0.05, 0.1) is 28.3 Å². The lowest BCUT2D eigenvalue weighted by Crippen LogP contribution is -2.17. The van der Waals surface area contributed by atoms with Crippen LogP contribution in [0.5, 0.6) is 0 Å². The largest absolute Gasteiger partial charge is 0.397 e. The van der Waals surface area contributed by atoms with E-state index in [2.05, 4.69) is 15.5 Å². The van der Waals surface area contributed by atoms with Crippen LogP contribution in [0.4, 0.5) is 11.4 Å². The third kappa shape index (κ3) is 2.77. The fourth-order valence-electron chi connectivity index (χ4n) is 2.01. The van der Waals surface area contributed by atoms with Gasteiger partial charge in [0.2, 0.25) is 0 Å². The molecule has 0 saturated heterocycles. The monoisotopic (exact) mass is 270 g/mol. The molecule has 0 aliphatic carbocycles. The number of nitrogen functional groups attached to an aromatic ring is 1. The van der Waals surface area contributed by atoms with E-state index >= 15 is 0 Å². The predicted molar refractivity (Wildman–Crippen MR) is 79.7 cm³/mol. The van der Waals surface area contributed by atoms with Gasteiger partial charge in [0, 0.05) is 0 Å². The molecular weight excluding hydrogens is 252 g/mol. The van der Waals surface area contributed by atoms with Gasteiger partial charge in [-0.2, -0.15) is 10.2 Å². The molecular formula is C15H18N4O. The number of hydrogen-bond acceptors (Lipinski definition) is 4. The summed E-state index contributed by atoms with van der Waals surface area (Å²) in [6.45, 7) is 5.66. The standard InChI is InChI=1S/C15H18N4O/c1-4-13-11(8-10(3)18-19-13)15(20)17-14-9(2)6-5-7-12(14)16/h5-8H,4,16H2,1-3H3,(H,17,20). The normalized spacial score (nSPS) is 10.3. The van der Waals surface area contributed by atoms with Crippen molar-refractivity contribution in [3.63, 3.8) is 0 Å². The quantitative estimate of drug-likeness (QED) is 0.840. The summed E-state index contributed by atoms with van der Waals surface area (Å²) in [4.78, 5) is 12.4. The molecule has 2 rings (SSSR count). The Hall–Kier alpha value is -2.43. The molecule has 0 fully saturated rings. The van der Waals surface area contributed by atoms with Crippen molar-refractivity contribution in [1.29, 1.82) is 0 Å². The highest BCUT2D eigenvalue weighted by Crippen LogP contribution is 2.23. The molecule has 5 nitrogen and oxygen atoms in total. The summed E-state index contributed by atoms with van der Waals surface area (Å²) in [5, 5.41) is 10.9. The highest BCUT2D eigenvalue weighted by molar-refractivity contribution is 6.06.